The third-order valence-electron chi connectivity index (χ3n) is 2.18. The highest BCUT2D eigenvalue weighted by Gasteiger charge is 2.17. The molecular formula is C11H12N2O3S. The molecule has 1 aromatic carbocycles. The van der Waals surface area contributed by atoms with E-state index in [1.807, 2.05) is 6.07 Å². The zero-order valence-corrected chi connectivity index (χ0v) is 10.1. The molecule has 5 nitrogen and oxygen atoms in total. The van der Waals surface area contributed by atoms with Crippen molar-refractivity contribution in [2.75, 3.05) is 17.7 Å². The molecule has 2 N–H and O–H groups in total. The van der Waals surface area contributed by atoms with Crippen LogP contribution in [0.5, 0.6) is 0 Å². The molecule has 0 spiro atoms. The molecule has 0 aliphatic carbocycles. The van der Waals surface area contributed by atoms with Crippen molar-refractivity contribution in [1.82, 2.24) is 5.48 Å². The summed E-state index contributed by atoms with van der Waals surface area (Å²) in [4.78, 5) is 28.6. The summed E-state index contributed by atoms with van der Waals surface area (Å²) in [6, 6.07) is 5.17. The Labute approximate surface area is 103 Å². The number of hydrogen-bond donors (Lipinski definition) is 2. The lowest BCUT2D eigenvalue weighted by atomic mass is 10.2. The lowest BCUT2D eigenvalue weighted by Crippen LogP contribution is -2.24. The van der Waals surface area contributed by atoms with Gasteiger partial charge in [0.25, 0.3) is 5.91 Å². The van der Waals surface area contributed by atoms with Gasteiger partial charge in [0.2, 0.25) is 5.91 Å². The van der Waals surface area contributed by atoms with Gasteiger partial charge in [-0.2, -0.15) is 0 Å². The zero-order valence-electron chi connectivity index (χ0n) is 9.28. The van der Waals surface area contributed by atoms with E-state index in [-0.39, 0.29) is 11.8 Å². The van der Waals surface area contributed by atoms with Gasteiger partial charge >= 0.3 is 0 Å². The van der Waals surface area contributed by atoms with Gasteiger partial charge in [0.1, 0.15) is 0 Å². The van der Waals surface area contributed by atoms with Crippen molar-refractivity contribution in [2.24, 2.45) is 0 Å². The molecule has 2 amide bonds. The zero-order chi connectivity index (χ0) is 12.3. The number of nitrogens with one attached hydrogen (secondary N) is 2. The summed E-state index contributed by atoms with van der Waals surface area (Å²) in [5, 5.41) is 2.73. The molecule has 0 radical (unpaired) electrons. The quantitative estimate of drug-likeness (QED) is 0.798. The van der Waals surface area contributed by atoms with E-state index in [9.17, 15) is 9.59 Å². The first-order valence-electron chi connectivity index (χ1n) is 5.19. The van der Waals surface area contributed by atoms with Gasteiger partial charge in [-0.05, 0) is 25.1 Å². The van der Waals surface area contributed by atoms with Gasteiger partial charge in [-0.15, -0.1) is 11.8 Å². The maximum Gasteiger partial charge on any atom is 0.274 e. The molecule has 0 saturated carbocycles. The van der Waals surface area contributed by atoms with Crippen LogP contribution >= 0.6 is 11.8 Å². The maximum absolute atomic E-state index is 11.6. The summed E-state index contributed by atoms with van der Waals surface area (Å²) in [5.74, 6) is 0.0432. The summed E-state index contributed by atoms with van der Waals surface area (Å²) in [7, 11) is 0. The monoisotopic (exact) mass is 252 g/mol. The maximum atomic E-state index is 11.6. The number of anilines is 1. The van der Waals surface area contributed by atoms with Crippen LogP contribution in [0.25, 0.3) is 0 Å². The smallest absolute Gasteiger partial charge is 0.274 e. The second-order valence-corrected chi connectivity index (χ2v) is 4.43. The number of fused-ring (bicyclic) bond motifs is 1. The van der Waals surface area contributed by atoms with Crippen molar-refractivity contribution in [2.45, 2.75) is 11.8 Å². The molecule has 1 heterocycles. The minimum atomic E-state index is -0.320. The van der Waals surface area contributed by atoms with E-state index in [0.29, 0.717) is 23.6 Å². The Morgan fingerprint density at radius 1 is 1.59 bits per heavy atom. The van der Waals surface area contributed by atoms with Crippen LogP contribution in [-0.4, -0.2) is 24.2 Å². The summed E-state index contributed by atoms with van der Waals surface area (Å²) >= 11 is 1.46. The fourth-order valence-corrected chi connectivity index (χ4v) is 2.21. The standard InChI is InChI=1S/C11H12N2O3S/c1-2-16-13-11(15)7-3-4-9-8(5-7)12-10(14)6-17-9/h3-5H,2,6H2,1H3,(H,12,14)(H,13,15). The SMILES string of the molecule is CCONC(=O)c1ccc2c(c1)NC(=O)CS2. The molecule has 2 rings (SSSR count). The summed E-state index contributed by atoms with van der Waals surface area (Å²) in [5.41, 5.74) is 3.44. The number of amides is 2. The molecule has 0 atom stereocenters. The molecule has 0 unspecified atom stereocenters. The average molecular weight is 252 g/mol. The van der Waals surface area contributed by atoms with Crippen LogP contribution in [-0.2, 0) is 9.63 Å². The predicted octanol–water partition coefficient (Wildman–Crippen LogP) is 1.41. The fourth-order valence-electron chi connectivity index (χ4n) is 1.42. The number of carbonyl (C=O) groups excluding carboxylic acids is 2. The first kappa shape index (κ1) is 11.9. The summed E-state index contributed by atoms with van der Waals surface area (Å²) < 4.78 is 0. The predicted molar refractivity (Wildman–Crippen MR) is 64.9 cm³/mol. The molecule has 0 bridgehead atoms. The van der Waals surface area contributed by atoms with E-state index in [2.05, 4.69) is 10.8 Å². The molecule has 90 valence electrons. The lowest BCUT2D eigenvalue weighted by Gasteiger charge is -2.16. The second-order valence-electron chi connectivity index (χ2n) is 3.41. The van der Waals surface area contributed by atoms with Gasteiger partial charge in [-0.1, -0.05) is 0 Å². The average Bonchev–Trinajstić information content (AvgIpc) is 2.35. The lowest BCUT2D eigenvalue weighted by molar-refractivity contribution is -0.113. The number of carbonyl (C=O) groups is 2. The molecule has 0 fully saturated rings. The van der Waals surface area contributed by atoms with E-state index in [0.717, 1.165) is 4.90 Å². The third kappa shape index (κ3) is 2.78. The van der Waals surface area contributed by atoms with E-state index in [1.54, 1.807) is 19.1 Å². The number of hydroxylamine groups is 1. The van der Waals surface area contributed by atoms with Crippen LogP contribution in [0.1, 0.15) is 17.3 Å². The van der Waals surface area contributed by atoms with Gasteiger partial charge in [0.15, 0.2) is 0 Å². The Morgan fingerprint density at radius 2 is 2.41 bits per heavy atom. The van der Waals surface area contributed by atoms with Gasteiger partial charge in [0, 0.05) is 10.5 Å². The number of rotatable bonds is 3. The molecule has 17 heavy (non-hydrogen) atoms. The van der Waals surface area contributed by atoms with Crippen LogP contribution in [0.4, 0.5) is 5.69 Å². The highest BCUT2D eigenvalue weighted by atomic mass is 32.2. The van der Waals surface area contributed by atoms with Gasteiger partial charge < -0.3 is 5.32 Å². The largest absolute Gasteiger partial charge is 0.324 e. The van der Waals surface area contributed by atoms with Crippen molar-refractivity contribution in [3.8, 4) is 0 Å². The topological polar surface area (TPSA) is 67.4 Å². The van der Waals surface area contributed by atoms with Crippen molar-refractivity contribution in [3.63, 3.8) is 0 Å². The summed E-state index contributed by atoms with van der Waals surface area (Å²) in [6.45, 7) is 2.19. The minimum Gasteiger partial charge on any atom is -0.324 e. The molecule has 1 aromatic rings. The van der Waals surface area contributed by atoms with Crippen LogP contribution in [0, 0.1) is 0 Å². The van der Waals surface area contributed by atoms with Crippen molar-refractivity contribution in [1.29, 1.82) is 0 Å². The first-order chi connectivity index (χ1) is 8.20. The van der Waals surface area contributed by atoms with Crippen molar-refractivity contribution in [3.05, 3.63) is 23.8 Å². The molecule has 1 aliphatic heterocycles. The van der Waals surface area contributed by atoms with E-state index in [1.165, 1.54) is 11.8 Å². The third-order valence-corrected chi connectivity index (χ3v) is 3.26. The van der Waals surface area contributed by atoms with Crippen molar-refractivity contribution < 1.29 is 14.4 Å². The Balaban J connectivity index is 2.18. The molecule has 1 aliphatic rings. The Kier molecular flexibility index (Phi) is 3.65. The highest BCUT2D eigenvalue weighted by Crippen LogP contribution is 2.31. The van der Waals surface area contributed by atoms with Crippen molar-refractivity contribution >= 4 is 29.3 Å². The van der Waals surface area contributed by atoms with Crippen LogP contribution < -0.4 is 10.8 Å². The minimum absolute atomic E-state index is 0.0510. The normalized spacial score (nSPS) is 13.8. The molecule has 0 saturated heterocycles. The number of thioether (sulfide) groups is 1. The second kappa shape index (κ2) is 5.20. The Morgan fingerprint density at radius 3 is 3.18 bits per heavy atom. The van der Waals surface area contributed by atoms with Crippen LogP contribution in [0.15, 0.2) is 23.1 Å². The van der Waals surface area contributed by atoms with Gasteiger partial charge in [0.05, 0.1) is 18.0 Å². The molecule has 0 aromatic heterocycles. The van der Waals surface area contributed by atoms with Gasteiger partial charge in [-0.3, -0.25) is 14.4 Å². The first-order valence-corrected chi connectivity index (χ1v) is 6.18. The van der Waals surface area contributed by atoms with E-state index in [4.69, 9.17) is 4.84 Å². The van der Waals surface area contributed by atoms with E-state index < -0.39 is 0 Å². The number of benzene rings is 1. The van der Waals surface area contributed by atoms with Gasteiger partial charge in [-0.25, -0.2) is 5.48 Å². The highest BCUT2D eigenvalue weighted by molar-refractivity contribution is 8.00. The Hall–Kier alpha value is -1.53. The molecular weight excluding hydrogens is 240 g/mol. The number of hydrogen-bond acceptors (Lipinski definition) is 4. The molecule has 6 heteroatoms. The Bertz CT molecular complexity index is 462. The summed E-state index contributed by atoms with van der Waals surface area (Å²) in [6.07, 6.45) is 0. The fraction of sp³-hybridized carbons (Fsp3) is 0.273. The van der Waals surface area contributed by atoms with E-state index >= 15 is 0 Å². The van der Waals surface area contributed by atoms with Crippen LogP contribution in [0.3, 0.4) is 0 Å². The van der Waals surface area contributed by atoms with Crippen LogP contribution in [0.2, 0.25) is 0 Å².